The first-order valence-electron chi connectivity index (χ1n) is 9.02. The van der Waals surface area contributed by atoms with Crippen molar-refractivity contribution in [2.45, 2.75) is 32.6 Å². The molecule has 26 heavy (non-hydrogen) atoms. The number of carbonyl (C=O) groups excluding carboxylic acids is 1. The van der Waals surface area contributed by atoms with Crippen LogP contribution in [0.25, 0.3) is 0 Å². The number of amidine groups is 1. The highest BCUT2D eigenvalue weighted by atomic mass is 32.2. The van der Waals surface area contributed by atoms with Gasteiger partial charge in [0.25, 0.3) is 0 Å². The summed E-state index contributed by atoms with van der Waals surface area (Å²) in [5.41, 5.74) is 7.11. The van der Waals surface area contributed by atoms with E-state index in [1.54, 1.807) is 11.0 Å². The number of sulfonamides is 1. The number of nitrogens with one attached hydrogen (secondary N) is 1. The quantitative estimate of drug-likeness (QED) is 0.521. The second kappa shape index (κ2) is 9.14. The molecule has 0 saturated carbocycles. The van der Waals surface area contributed by atoms with Gasteiger partial charge in [-0.3, -0.25) is 10.2 Å². The molecule has 0 atom stereocenters. The zero-order chi connectivity index (χ0) is 19.2. The molecule has 1 heterocycles. The second-order valence-corrected chi connectivity index (χ2v) is 8.65. The molecule has 0 bridgehead atoms. The van der Waals surface area contributed by atoms with E-state index in [2.05, 4.69) is 0 Å². The second-order valence-electron chi connectivity index (χ2n) is 6.56. The van der Waals surface area contributed by atoms with E-state index in [-0.39, 0.29) is 17.5 Å². The van der Waals surface area contributed by atoms with E-state index in [4.69, 9.17) is 11.1 Å². The number of aryl methyl sites for hydroxylation is 1. The molecule has 144 valence electrons. The lowest BCUT2D eigenvalue weighted by molar-refractivity contribution is -0.132. The molecular weight excluding hydrogens is 352 g/mol. The van der Waals surface area contributed by atoms with Gasteiger partial charge in [0.05, 0.1) is 5.75 Å². The highest BCUT2D eigenvalue weighted by molar-refractivity contribution is 7.89. The Balaban J connectivity index is 1.83. The van der Waals surface area contributed by atoms with Gasteiger partial charge < -0.3 is 10.6 Å². The number of piperazine rings is 1. The molecule has 1 saturated heterocycles. The molecule has 0 aromatic heterocycles. The fourth-order valence-electron chi connectivity index (χ4n) is 2.98. The number of hydrogen-bond donors (Lipinski definition) is 2. The normalized spacial score (nSPS) is 15.8. The summed E-state index contributed by atoms with van der Waals surface area (Å²) in [7, 11) is -3.20. The maximum atomic E-state index is 12.4. The van der Waals surface area contributed by atoms with E-state index in [0.717, 1.165) is 12.0 Å². The number of nitrogens with zero attached hydrogens (tertiary/aromatic N) is 2. The fraction of sp³-hybridized carbons (Fsp3) is 0.556. The number of hydrogen-bond acceptors (Lipinski definition) is 4. The summed E-state index contributed by atoms with van der Waals surface area (Å²) in [6, 6.07) is 7.34. The standard InChI is InChI=1S/C18H28N4O3S/c1-2-3-13-26(24,25)22-11-9-21(10-12-22)17(23)8-7-15-5-4-6-16(14-15)18(19)20/h4-6,14H,2-3,7-13H2,1H3,(H3,19,20). The van der Waals surface area contributed by atoms with Crippen LogP contribution in [0.2, 0.25) is 0 Å². The molecule has 1 aliphatic heterocycles. The first-order valence-corrected chi connectivity index (χ1v) is 10.6. The van der Waals surface area contributed by atoms with Crippen molar-refractivity contribution in [3.63, 3.8) is 0 Å². The third-order valence-corrected chi connectivity index (χ3v) is 6.56. The maximum Gasteiger partial charge on any atom is 0.222 e. The van der Waals surface area contributed by atoms with Crippen molar-refractivity contribution in [3.05, 3.63) is 35.4 Å². The summed E-state index contributed by atoms with van der Waals surface area (Å²) in [5, 5.41) is 7.47. The smallest absolute Gasteiger partial charge is 0.222 e. The van der Waals surface area contributed by atoms with Crippen LogP contribution in [0.1, 0.15) is 37.3 Å². The lowest BCUT2D eigenvalue weighted by Crippen LogP contribution is -2.51. The highest BCUT2D eigenvalue weighted by Crippen LogP contribution is 2.13. The molecule has 2 rings (SSSR count). The predicted octanol–water partition coefficient (Wildman–Crippen LogP) is 1.18. The van der Waals surface area contributed by atoms with Crippen molar-refractivity contribution < 1.29 is 13.2 Å². The minimum absolute atomic E-state index is 0.0126. The molecule has 1 amide bonds. The number of nitrogen functional groups attached to an aromatic ring is 1. The number of rotatable bonds is 8. The average molecular weight is 381 g/mol. The lowest BCUT2D eigenvalue weighted by Gasteiger charge is -2.34. The SMILES string of the molecule is CCCCS(=O)(=O)N1CCN(C(=O)CCc2cccc(C(=N)N)c2)CC1. The van der Waals surface area contributed by atoms with Gasteiger partial charge in [0.1, 0.15) is 5.84 Å². The Bertz CT molecular complexity index is 741. The predicted molar refractivity (Wildman–Crippen MR) is 103 cm³/mol. The number of benzene rings is 1. The summed E-state index contributed by atoms with van der Waals surface area (Å²) in [4.78, 5) is 14.1. The molecular formula is C18H28N4O3S. The topological polar surface area (TPSA) is 108 Å². The zero-order valence-corrected chi connectivity index (χ0v) is 16.1. The van der Waals surface area contributed by atoms with Gasteiger partial charge in [0, 0.05) is 38.2 Å². The highest BCUT2D eigenvalue weighted by Gasteiger charge is 2.28. The van der Waals surface area contributed by atoms with Crippen molar-refractivity contribution in [1.82, 2.24) is 9.21 Å². The largest absolute Gasteiger partial charge is 0.384 e. The first-order chi connectivity index (χ1) is 12.3. The van der Waals surface area contributed by atoms with Crippen molar-refractivity contribution in [3.8, 4) is 0 Å². The third-order valence-electron chi connectivity index (χ3n) is 4.61. The molecule has 1 aromatic rings. The lowest BCUT2D eigenvalue weighted by atomic mass is 10.1. The first kappa shape index (κ1) is 20.4. The number of amides is 1. The molecule has 0 radical (unpaired) electrons. The maximum absolute atomic E-state index is 12.4. The van der Waals surface area contributed by atoms with Crippen LogP contribution in [0, 0.1) is 5.41 Å². The number of carbonyl (C=O) groups is 1. The Morgan fingerprint density at radius 3 is 2.54 bits per heavy atom. The van der Waals surface area contributed by atoms with Crippen LogP contribution in [0.5, 0.6) is 0 Å². The van der Waals surface area contributed by atoms with Gasteiger partial charge in [-0.05, 0) is 24.5 Å². The van der Waals surface area contributed by atoms with Crippen molar-refractivity contribution in [1.29, 1.82) is 5.41 Å². The van der Waals surface area contributed by atoms with Gasteiger partial charge in [-0.2, -0.15) is 4.31 Å². The number of nitrogens with two attached hydrogens (primary N) is 1. The van der Waals surface area contributed by atoms with Crippen molar-refractivity contribution >= 4 is 21.8 Å². The van der Waals surface area contributed by atoms with Gasteiger partial charge in [-0.25, -0.2) is 8.42 Å². The Kier molecular flexibility index (Phi) is 7.16. The van der Waals surface area contributed by atoms with Gasteiger partial charge in [0.15, 0.2) is 0 Å². The van der Waals surface area contributed by atoms with Gasteiger partial charge >= 0.3 is 0 Å². The molecule has 8 heteroatoms. The summed E-state index contributed by atoms with van der Waals surface area (Å²) >= 11 is 0. The van der Waals surface area contributed by atoms with Crippen LogP contribution in [-0.2, 0) is 21.2 Å². The Morgan fingerprint density at radius 1 is 1.23 bits per heavy atom. The van der Waals surface area contributed by atoms with Crippen LogP contribution in [0.3, 0.4) is 0 Å². The van der Waals surface area contributed by atoms with E-state index < -0.39 is 10.0 Å². The molecule has 7 nitrogen and oxygen atoms in total. The zero-order valence-electron chi connectivity index (χ0n) is 15.3. The minimum atomic E-state index is -3.20. The van der Waals surface area contributed by atoms with Gasteiger partial charge in [-0.15, -0.1) is 0 Å². The van der Waals surface area contributed by atoms with Gasteiger partial charge in [0.2, 0.25) is 15.9 Å². The molecule has 1 aliphatic rings. The Labute approximate surface area is 155 Å². The monoisotopic (exact) mass is 380 g/mol. The Hall–Kier alpha value is -1.93. The summed E-state index contributed by atoms with van der Waals surface area (Å²) < 4.78 is 25.9. The number of unbranched alkanes of at least 4 members (excludes halogenated alkanes) is 1. The van der Waals surface area contributed by atoms with E-state index in [1.807, 2.05) is 25.1 Å². The third kappa shape index (κ3) is 5.54. The van der Waals surface area contributed by atoms with Crippen LogP contribution in [0.15, 0.2) is 24.3 Å². The molecule has 1 aromatic carbocycles. The molecule has 0 spiro atoms. The van der Waals surface area contributed by atoms with Crippen LogP contribution < -0.4 is 5.73 Å². The van der Waals surface area contributed by atoms with Crippen LogP contribution >= 0.6 is 0 Å². The van der Waals surface area contributed by atoms with Crippen molar-refractivity contribution in [2.24, 2.45) is 5.73 Å². The summed E-state index contributed by atoms with van der Waals surface area (Å²) in [6.45, 7) is 3.60. The Morgan fingerprint density at radius 2 is 1.92 bits per heavy atom. The summed E-state index contributed by atoms with van der Waals surface area (Å²) in [6.07, 6.45) is 2.46. The van der Waals surface area contributed by atoms with Crippen LogP contribution in [0.4, 0.5) is 0 Å². The van der Waals surface area contributed by atoms with E-state index in [1.165, 1.54) is 4.31 Å². The molecule has 0 aliphatic carbocycles. The van der Waals surface area contributed by atoms with E-state index >= 15 is 0 Å². The molecule has 0 unspecified atom stereocenters. The average Bonchev–Trinajstić information content (AvgIpc) is 2.64. The summed E-state index contributed by atoms with van der Waals surface area (Å²) in [5.74, 6) is 0.228. The van der Waals surface area contributed by atoms with E-state index in [9.17, 15) is 13.2 Å². The van der Waals surface area contributed by atoms with E-state index in [0.29, 0.717) is 51.0 Å². The van der Waals surface area contributed by atoms with Crippen LogP contribution in [-0.4, -0.2) is 61.3 Å². The van der Waals surface area contributed by atoms with Crippen molar-refractivity contribution in [2.75, 3.05) is 31.9 Å². The molecule has 3 N–H and O–H groups in total. The molecule has 1 fully saturated rings. The minimum Gasteiger partial charge on any atom is -0.384 e. The fourth-order valence-corrected chi connectivity index (χ4v) is 4.61. The van der Waals surface area contributed by atoms with Gasteiger partial charge in [-0.1, -0.05) is 31.5 Å².